The maximum Gasteiger partial charge on any atom is 0.262 e. The van der Waals surface area contributed by atoms with Gasteiger partial charge in [0, 0.05) is 12.6 Å². The fourth-order valence-electron chi connectivity index (χ4n) is 1.94. The molecule has 0 radical (unpaired) electrons. The summed E-state index contributed by atoms with van der Waals surface area (Å²) in [5, 5.41) is 5.36. The fourth-order valence-corrected chi connectivity index (χ4v) is 1.94. The van der Waals surface area contributed by atoms with Crippen LogP contribution in [0.15, 0.2) is 48.5 Å². The van der Waals surface area contributed by atoms with Crippen LogP contribution in [-0.2, 0) is 9.59 Å². The predicted molar refractivity (Wildman–Crippen MR) is 87.9 cm³/mol. The van der Waals surface area contributed by atoms with Crippen LogP contribution in [0.2, 0.25) is 0 Å². The molecular formula is C17H18N2O4. The van der Waals surface area contributed by atoms with E-state index in [2.05, 4.69) is 10.6 Å². The highest BCUT2D eigenvalue weighted by Gasteiger charge is 2.10. The second-order valence-electron chi connectivity index (χ2n) is 4.75. The maximum atomic E-state index is 12.0. The predicted octanol–water partition coefficient (Wildman–Crippen LogP) is 2.67. The van der Waals surface area contributed by atoms with Gasteiger partial charge in [-0.3, -0.25) is 9.59 Å². The van der Waals surface area contributed by atoms with Gasteiger partial charge in [0.1, 0.15) is 11.5 Å². The van der Waals surface area contributed by atoms with Crippen LogP contribution in [0.5, 0.6) is 11.5 Å². The molecule has 2 N–H and O–H groups in total. The molecule has 0 unspecified atom stereocenters. The van der Waals surface area contributed by atoms with Crippen molar-refractivity contribution in [1.29, 1.82) is 0 Å². The van der Waals surface area contributed by atoms with Crippen LogP contribution in [0.3, 0.4) is 0 Å². The van der Waals surface area contributed by atoms with E-state index in [9.17, 15) is 9.59 Å². The van der Waals surface area contributed by atoms with Crippen molar-refractivity contribution in [2.45, 2.75) is 6.92 Å². The smallest absolute Gasteiger partial charge is 0.262 e. The van der Waals surface area contributed by atoms with Gasteiger partial charge in [0.2, 0.25) is 5.91 Å². The number of benzene rings is 2. The first-order chi connectivity index (χ1) is 11.1. The standard InChI is InChI=1S/C17H18N2O4/c1-12(20)18-13-8-9-16(22-2)15(10-13)19-17(21)11-23-14-6-4-3-5-7-14/h3-10H,11H2,1-2H3,(H,18,20)(H,19,21). The Kier molecular flexibility index (Phi) is 5.57. The van der Waals surface area contributed by atoms with Gasteiger partial charge in [-0.2, -0.15) is 0 Å². The number of nitrogens with one attached hydrogen (secondary N) is 2. The molecule has 0 saturated carbocycles. The number of methoxy groups -OCH3 is 1. The number of hydrogen-bond donors (Lipinski definition) is 2. The Hall–Kier alpha value is -3.02. The van der Waals surface area contributed by atoms with E-state index in [4.69, 9.17) is 9.47 Å². The number of ether oxygens (including phenoxy) is 2. The lowest BCUT2D eigenvalue weighted by molar-refractivity contribution is -0.118. The second-order valence-corrected chi connectivity index (χ2v) is 4.75. The normalized spacial score (nSPS) is 9.83. The zero-order valence-corrected chi connectivity index (χ0v) is 13.0. The van der Waals surface area contributed by atoms with Crippen LogP contribution in [0.4, 0.5) is 11.4 Å². The van der Waals surface area contributed by atoms with Gasteiger partial charge in [0.15, 0.2) is 6.61 Å². The van der Waals surface area contributed by atoms with Gasteiger partial charge < -0.3 is 20.1 Å². The van der Waals surface area contributed by atoms with E-state index in [1.165, 1.54) is 14.0 Å². The Bertz CT molecular complexity index is 686. The van der Waals surface area contributed by atoms with Crippen LogP contribution >= 0.6 is 0 Å². The lowest BCUT2D eigenvalue weighted by atomic mass is 10.2. The van der Waals surface area contributed by atoms with Crippen molar-refractivity contribution in [2.24, 2.45) is 0 Å². The third-order valence-electron chi connectivity index (χ3n) is 2.91. The van der Waals surface area contributed by atoms with E-state index < -0.39 is 0 Å². The number of rotatable bonds is 6. The van der Waals surface area contributed by atoms with Gasteiger partial charge in [-0.15, -0.1) is 0 Å². The van der Waals surface area contributed by atoms with Gasteiger partial charge in [-0.25, -0.2) is 0 Å². The average molecular weight is 314 g/mol. The van der Waals surface area contributed by atoms with Crippen molar-refractivity contribution >= 4 is 23.2 Å². The second kappa shape index (κ2) is 7.84. The van der Waals surface area contributed by atoms with Gasteiger partial charge in [0.05, 0.1) is 12.8 Å². The molecule has 0 atom stereocenters. The van der Waals surface area contributed by atoms with E-state index in [-0.39, 0.29) is 18.4 Å². The molecule has 0 saturated heterocycles. The van der Waals surface area contributed by atoms with Crippen molar-refractivity contribution in [1.82, 2.24) is 0 Å². The van der Waals surface area contributed by atoms with E-state index in [0.717, 1.165) is 0 Å². The minimum absolute atomic E-state index is 0.127. The topological polar surface area (TPSA) is 76.7 Å². The minimum Gasteiger partial charge on any atom is -0.495 e. The minimum atomic E-state index is -0.327. The summed E-state index contributed by atoms with van der Waals surface area (Å²) < 4.78 is 10.6. The highest BCUT2D eigenvalue weighted by Crippen LogP contribution is 2.27. The fraction of sp³-hybridized carbons (Fsp3) is 0.176. The number of carbonyl (C=O) groups is 2. The first-order valence-corrected chi connectivity index (χ1v) is 7.02. The van der Waals surface area contributed by atoms with Crippen molar-refractivity contribution < 1.29 is 19.1 Å². The van der Waals surface area contributed by atoms with Crippen LogP contribution in [0.1, 0.15) is 6.92 Å². The first kappa shape index (κ1) is 16.4. The highest BCUT2D eigenvalue weighted by molar-refractivity contribution is 5.95. The summed E-state index contributed by atoms with van der Waals surface area (Å²) in [4.78, 5) is 23.1. The monoisotopic (exact) mass is 314 g/mol. The molecule has 23 heavy (non-hydrogen) atoms. The van der Waals surface area contributed by atoms with Crippen LogP contribution < -0.4 is 20.1 Å². The van der Waals surface area contributed by atoms with Crippen LogP contribution in [0.25, 0.3) is 0 Å². The van der Waals surface area contributed by atoms with E-state index in [0.29, 0.717) is 22.9 Å². The summed E-state index contributed by atoms with van der Waals surface area (Å²) in [6, 6.07) is 14.0. The molecule has 2 amide bonds. The molecule has 0 aromatic heterocycles. The van der Waals surface area contributed by atoms with E-state index in [1.54, 1.807) is 30.3 Å². The molecule has 2 aromatic carbocycles. The number of para-hydroxylation sites is 1. The molecule has 6 nitrogen and oxygen atoms in total. The SMILES string of the molecule is COc1ccc(NC(C)=O)cc1NC(=O)COc1ccccc1. The zero-order valence-electron chi connectivity index (χ0n) is 13.0. The molecule has 0 spiro atoms. The molecule has 0 bridgehead atoms. The summed E-state index contributed by atoms with van der Waals surface area (Å²) >= 11 is 0. The first-order valence-electron chi connectivity index (χ1n) is 7.02. The maximum absolute atomic E-state index is 12.0. The van der Waals surface area contributed by atoms with Crippen molar-refractivity contribution in [3.8, 4) is 11.5 Å². The molecule has 0 fully saturated rings. The van der Waals surface area contributed by atoms with E-state index in [1.807, 2.05) is 18.2 Å². The quantitative estimate of drug-likeness (QED) is 0.859. The molecular weight excluding hydrogens is 296 g/mol. The third-order valence-corrected chi connectivity index (χ3v) is 2.91. The molecule has 0 aliphatic heterocycles. The Labute approximate surface area is 134 Å². The van der Waals surface area contributed by atoms with Gasteiger partial charge >= 0.3 is 0 Å². The van der Waals surface area contributed by atoms with E-state index >= 15 is 0 Å². The highest BCUT2D eigenvalue weighted by atomic mass is 16.5. The summed E-state index contributed by atoms with van der Waals surface area (Å²) in [5.41, 5.74) is 1.03. The Balaban J connectivity index is 2.02. The van der Waals surface area contributed by atoms with Gasteiger partial charge in [-0.1, -0.05) is 18.2 Å². The number of carbonyl (C=O) groups excluding carboxylic acids is 2. The van der Waals surface area contributed by atoms with Crippen molar-refractivity contribution in [3.05, 3.63) is 48.5 Å². The lowest BCUT2D eigenvalue weighted by Crippen LogP contribution is -2.20. The van der Waals surface area contributed by atoms with Crippen LogP contribution in [0, 0.1) is 0 Å². The molecule has 0 aliphatic carbocycles. The molecule has 0 heterocycles. The van der Waals surface area contributed by atoms with Gasteiger partial charge in [-0.05, 0) is 30.3 Å². The number of hydrogen-bond acceptors (Lipinski definition) is 4. The summed E-state index contributed by atoms with van der Waals surface area (Å²) in [6.07, 6.45) is 0. The number of anilines is 2. The van der Waals surface area contributed by atoms with Crippen molar-refractivity contribution in [2.75, 3.05) is 24.4 Å². The Morgan fingerprint density at radius 2 is 1.78 bits per heavy atom. The van der Waals surface area contributed by atoms with Gasteiger partial charge in [0.25, 0.3) is 5.91 Å². The summed E-state index contributed by atoms with van der Waals surface area (Å²) in [5.74, 6) is 0.584. The summed E-state index contributed by atoms with van der Waals surface area (Å²) in [6.45, 7) is 1.29. The third kappa shape index (κ3) is 5.03. The largest absolute Gasteiger partial charge is 0.495 e. The Morgan fingerprint density at radius 1 is 1.04 bits per heavy atom. The molecule has 6 heteroatoms. The number of amides is 2. The molecule has 2 rings (SSSR count). The van der Waals surface area contributed by atoms with Crippen molar-refractivity contribution in [3.63, 3.8) is 0 Å². The van der Waals surface area contributed by atoms with Crippen LogP contribution in [-0.4, -0.2) is 25.5 Å². The Morgan fingerprint density at radius 3 is 2.43 bits per heavy atom. The lowest BCUT2D eigenvalue weighted by Gasteiger charge is -2.13. The molecule has 120 valence electrons. The zero-order chi connectivity index (χ0) is 16.7. The molecule has 2 aromatic rings. The summed E-state index contributed by atoms with van der Waals surface area (Å²) in [7, 11) is 1.50. The molecule has 0 aliphatic rings. The average Bonchev–Trinajstić information content (AvgIpc) is 2.54.